The number of hydrogen-bond acceptors (Lipinski definition) is 5. The Morgan fingerprint density at radius 2 is 2.35 bits per heavy atom. The summed E-state index contributed by atoms with van der Waals surface area (Å²) < 4.78 is 21.5. The van der Waals surface area contributed by atoms with Gasteiger partial charge in [-0.25, -0.2) is 0 Å². The van der Waals surface area contributed by atoms with Crippen LogP contribution in [-0.4, -0.2) is 38.5 Å². The van der Waals surface area contributed by atoms with Gasteiger partial charge in [0, 0.05) is 6.61 Å². The molecule has 100 valence electrons. The average Bonchev–Trinajstić information content (AvgIpc) is 2.36. The van der Waals surface area contributed by atoms with Crippen LogP contribution in [0.15, 0.2) is 11.8 Å². The van der Waals surface area contributed by atoms with Crippen LogP contribution in [0.2, 0.25) is 0 Å². The molecular weight excluding hydrogens is 240 g/mol. The normalized spacial score (nSPS) is 21.5. The number of rotatable bonds is 8. The monoisotopic (exact) mass is 262 g/mol. The summed E-state index contributed by atoms with van der Waals surface area (Å²) in [6.07, 6.45) is 6.92. The highest BCUT2D eigenvalue weighted by Gasteiger charge is 2.13. The number of thioether (sulfide) groups is 1. The quantitative estimate of drug-likeness (QED) is 0.382. The van der Waals surface area contributed by atoms with Gasteiger partial charge in [0.1, 0.15) is 12.7 Å². The van der Waals surface area contributed by atoms with E-state index in [0.717, 1.165) is 25.0 Å². The highest BCUT2D eigenvalue weighted by molar-refractivity contribution is 7.98. The predicted octanol–water partition coefficient (Wildman–Crippen LogP) is 2.74. The molecule has 1 aliphatic heterocycles. The van der Waals surface area contributed by atoms with E-state index in [1.165, 1.54) is 6.42 Å². The van der Waals surface area contributed by atoms with Gasteiger partial charge < -0.3 is 18.9 Å². The van der Waals surface area contributed by atoms with Crippen molar-refractivity contribution in [3.63, 3.8) is 0 Å². The molecule has 0 saturated carbocycles. The largest absolute Gasteiger partial charge is 0.491 e. The van der Waals surface area contributed by atoms with Gasteiger partial charge in [0.25, 0.3) is 0 Å². The Balaban J connectivity index is 1.97. The molecule has 1 fully saturated rings. The van der Waals surface area contributed by atoms with Gasteiger partial charge in [-0.3, -0.25) is 0 Å². The highest BCUT2D eigenvalue weighted by atomic mass is 32.2. The maximum atomic E-state index is 5.44. The van der Waals surface area contributed by atoms with E-state index in [4.69, 9.17) is 18.9 Å². The molecule has 1 atom stereocenters. The van der Waals surface area contributed by atoms with Gasteiger partial charge in [0.2, 0.25) is 0 Å². The molecule has 0 aromatic heterocycles. The minimum Gasteiger partial charge on any atom is -0.491 e. The minimum absolute atomic E-state index is 0.0826. The lowest BCUT2D eigenvalue weighted by atomic mass is 10.2. The molecule has 0 amide bonds. The first-order chi connectivity index (χ1) is 8.33. The third kappa shape index (κ3) is 7.65. The molecule has 0 spiro atoms. The number of hydrogen-bond donors (Lipinski definition) is 0. The van der Waals surface area contributed by atoms with E-state index in [2.05, 4.69) is 0 Å². The Morgan fingerprint density at radius 3 is 3.06 bits per heavy atom. The fraction of sp³-hybridized carbons (Fsp3) is 0.833. The van der Waals surface area contributed by atoms with Crippen molar-refractivity contribution >= 4 is 11.8 Å². The van der Waals surface area contributed by atoms with Crippen molar-refractivity contribution in [2.75, 3.05) is 32.2 Å². The van der Waals surface area contributed by atoms with Crippen LogP contribution in [0.5, 0.6) is 0 Å². The second kappa shape index (κ2) is 9.76. The van der Waals surface area contributed by atoms with Gasteiger partial charge in [-0.15, -0.1) is 11.8 Å². The van der Waals surface area contributed by atoms with Crippen LogP contribution in [0.4, 0.5) is 0 Å². The SMILES string of the molecule is CSCO/C=C(\C)COCOC1CCCCO1. The van der Waals surface area contributed by atoms with Crippen molar-refractivity contribution in [2.24, 2.45) is 0 Å². The molecular formula is C12H22O4S. The highest BCUT2D eigenvalue weighted by Crippen LogP contribution is 2.13. The predicted molar refractivity (Wildman–Crippen MR) is 68.7 cm³/mol. The molecule has 1 aliphatic rings. The van der Waals surface area contributed by atoms with Gasteiger partial charge >= 0.3 is 0 Å². The zero-order valence-corrected chi connectivity index (χ0v) is 11.5. The topological polar surface area (TPSA) is 36.9 Å². The van der Waals surface area contributed by atoms with Crippen LogP contribution < -0.4 is 0 Å². The van der Waals surface area contributed by atoms with E-state index >= 15 is 0 Å². The van der Waals surface area contributed by atoms with Crippen molar-refractivity contribution in [2.45, 2.75) is 32.5 Å². The van der Waals surface area contributed by atoms with Crippen LogP contribution in [-0.2, 0) is 18.9 Å². The molecule has 4 nitrogen and oxygen atoms in total. The molecule has 1 heterocycles. The molecule has 1 rings (SSSR count). The summed E-state index contributed by atoms with van der Waals surface area (Å²) in [6, 6.07) is 0. The summed E-state index contributed by atoms with van der Waals surface area (Å²) in [5.41, 5.74) is 1.05. The van der Waals surface area contributed by atoms with Crippen LogP contribution in [0.1, 0.15) is 26.2 Å². The smallest absolute Gasteiger partial charge is 0.160 e. The Kier molecular flexibility index (Phi) is 8.52. The first kappa shape index (κ1) is 14.8. The number of ether oxygens (including phenoxy) is 4. The Morgan fingerprint density at radius 1 is 1.47 bits per heavy atom. The van der Waals surface area contributed by atoms with Gasteiger partial charge in [-0.2, -0.15) is 0 Å². The van der Waals surface area contributed by atoms with Crippen molar-refractivity contribution in [1.29, 1.82) is 0 Å². The van der Waals surface area contributed by atoms with Crippen molar-refractivity contribution in [3.8, 4) is 0 Å². The van der Waals surface area contributed by atoms with Crippen molar-refractivity contribution in [1.82, 2.24) is 0 Å². The summed E-state index contributed by atoms with van der Waals surface area (Å²) in [6.45, 7) is 3.57. The maximum absolute atomic E-state index is 5.44. The molecule has 17 heavy (non-hydrogen) atoms. The summed E-state index contributed by atoms with van der Waals surface area (Å²) in [5.74, 6) is 0.670. The van der Waals surface area contributed by atoms with Crippen LogP contribution in [0.3, 0.4) is 0 Å². The van der Waals surface area contributed by atoms with Crippen molar-refractivity contribution in [3.05, 3.63) is 11.8 Å². The molecule has 0 N–H and O–H groups in total. The third-order valence-electron chi connectivity index (χ3n) is 2.28. The van der Waals surface area contributed by atoms with Crippen LogP contribution in [0.25, 0.3) is 0 Å². The summed E-state index contributed by atoms with van der Waals surface area (Å²) in [7, 11) is 0. The average molecular weight is 262 g/mol. The Hall–Kier alpha value is -0.230. The third-order valence-corrected chi connectivity index (χ3v) is 2.65. The molecule has 0 bridgehead atoms. The second-order valence-electron chi connectivity index (χ2n) is 3.97. The molecule has 1 unspecified atom stereocenters. The lowest BCUT2D eigenvalue weighted by molar-refractivity contribution is -0.206. The fourth-order valence-corrected chi connectivity index (χ4v) is 1.65. The summed E-state index contributed by atoms with van der Waals surface area (Å²) in [4.78, 5) is 0. The van der Waals surface area contributed by atoms with Gasteiger partial charge in [0.15, 0.2) is 6.29 Å². The molecule has 0 aliphatic carbocycles. The van der Waals surface area contributed by atoms with Gasteiger partial charge in [-0.1, -0.05) is 0 Å². The van der Waals surface area contributed by atoms with Crippen LogP contribution in [0, 0.1) is 0 Å². The van der Waals surface area contributed by atoms with E-state index in [1.54, 1.807) is 18.0 Å². The van der Waals surface area contributed by atoms with E-state index in [0.29, 0.717) is 12.5 Å². The lowest BCUT2D eigenvalue weighted by Gasteiger charge is -2.22. The van der Waals surface area contributed by atoms with E-state index in [9.17, 15) is 0 Å². The molecule has 1 saturated heterocycles. The van der Waals surface area contributed by atoms with Crippen LogP contribution >= 0.6 is 11.8 Å². The molecule has 0 aromatic rings. The first-order valence-electron chi connectivity index (χ1n) is 5.90. The van der Waals surface area contributed by atoms with E-state index in [-0.39, 0.29) is 13.1 Å². The molecule has 0 radical (unpaired) electrons. The van der Waals surface area contributed by atoms with E-state index < -0.39 is 0 Å². The standard InChI is InChI=1S/C12H22O4S/c1-11(8-14-10-17-2)7-13-9-16-12-5-3-4-6-15-12/h8,12H,3-7,9-10H2,1-2H3/b11-8+. The first-order valence-corrected chi connectivity index (χ1v) is 7.29. The molecule has 0 aromatic carbocycles. The molecule has 5 heteroatoms. The zero-order chi connectivity index (χ0) is 12.3. The van der Waals surface area contributed by atoms with Gasteiger partial charge in [0.05, 0.1) is 12.9 Å². The summed E-state index contributed by atoms with van der Waals surface area (Å²) in [5, 5.41) is 0. The van der Waals surface area contributed by atoms with Gasteiger partial charge in [-0.05, 0) is 38.0 Å². The lowest BCUT2D eigenvalue weighted by Crippen LogP contribution is -2.23. The maximum Gasteiger partial charge on any atom is 0.160 e. The fourth-order valence-electron chi connectivity index (χ4n) is 1.45. The van der Waals surface area contributed by atoms with Crippen molar-refractivity contribution < 1.29 is 18.9 Å². The van der Waals surface area contributed by atoms with E-state index in [1.807, 2.05) is 13.2 Å². The Bertz CT molecular complexity index is 215. The second-order valence-corrected chi connectivity index (χ2v) is 4.78. The minimum atomic E-state index is -0.0826. The summed E-state index contributed by atoms with van der Waals surface area (Å²) >= 11 is 1.64. The Labute approximate surface area is 108 Å². The zero-order valence-electron chi connectivity index (χ0n) is 10.6.